The maximum atomic E-state index is 11.7. The summed E-state index contributed by atoms with van der Waals surface area (Å²) in [6, 6.07) is 3.42. The lowest BCUT2D eigenvalue weighted by Crippen LogP contribution is -2.36. The van der Waals surface area contributed by atoms with Crippen molar-refractivity contribution in [3.63, 3.8) is 0 Å². The van der Waals surface area contributed by atoms with Gasteiger partial charge in [-0.1, -0.05) is 19.8 Å². The van der Waals surface area contributed by atoms with E-state index in [-0.39, 0.29) is 5.91 Å². The molecule has 0 saturated heterocycles. The molecule has 100 valence electrons. The monoisotopic (exact) mass is 251 g/mol. The van der Waals surface area contributed by atoms with Gasteiger partial charge in [0.15, 0.2) is 17.7 Å². The summed E-state index contributed by atoms with van der Waals surface area (Å²) in [5, 5.41) is 2.83. The maximum absolute atomic E-state index is 11.7. The van der Waals surface area contributed by atoms with E-state index in [1.54, 1.807) is 25.3 Å². The molecule has 1 rings (SSSR count). The fraction of sp³-hybridized carbons (Fsp3) is 0.538. The molecule has 1 aromatic heterocycles. The van der Waals surface area contributed by atoms with E-state index in [0.717, 1.165) is 19.3 Å². The summed E-state index contributed by atoms with van der Waals surface area (Å²) in [5.74, 6) is 0.603. The van der Waals surface area contributed by atoms with Gasteiger partial charge in [0.1, 0.15) is 0 Å². The molecule has 0 aliphatic heterocycles. The first kappa shape index (κ1) is 14.3. The van der Waals surface area contributed by atoms with Crippen LogP contribution >= 0.6 is 0 Å². The summed E-state index contributed by atoms with van der Waals surface area (Å²) >= 11 is 0. The molecule has 0 aliphatic carbocycles. The van der Waals surface area contributed by atoms with Gasteiger partial charge in [-0.3, -0.25) is 4.79 Å². The van der Waals surface area contributed by atoms with Crippen LogP contribution in [0.1, 0.15) is 33.1 Å². The Kier molecular flexibility index (Phi) is 5.97. The summed E-state index contributed by atoms with van der Waals surface area (Å²) in [5.41, 5.74) is 5.64. The number of carbonyl (C=O) groups excluding carboxylic acids is 1. The lowest BCUT2D eigenvalue weighted by molar-refractivity contribution is -0.127. The van der Waals surface area contributed by atoms with Crippen LogP contribution in [0.2, 0.25) is 0 Å². The summed E-state index contributed by atoms with van der Waals surface area (Å²) in [6.07, 6.45) is 4.25. The predicted octanol–water partition coefficient (Wildman–Crippen LogP) is 1.74. The Morgan fingerprint density at radius 3 is 3.00 bits per heavy atom. The Morgan fingerprint density at radius 2 is 2.33 bits per heavy atom. The second-order valence-electron chi connectivity index (χ2n) is 4.14. The Hall–Kier alpha value is -1.78. The quantitative estimate of drug-likeness (QED) is 0.724. The van der Waals surface area contributed by atoms with Crippen LogP contribution < -0.4 is 15.8 Å². The van der Waals surface area contributed by atoms with Gasteiger partial charge < -0.3 is 15.8 Å². The molecule has 1 heterocycles. The molecule has 0 saturated carbocycles. The zero-order chi connectivity index (χ0) is 13.4. The number of hydrogen-bond acceptors (Lipinski definition) is 4. The third-order valence-corrected chi connectivity index (χ3v) is 2.55. The standard InChI is InChI=1S/C13H21N3O2/c1-3-4-5-8-16-13(17)10(2)18-11-7-6-9-15-12(11)14/h6-7,9-10H,3-5,8H2,1-2H3,(H2,14,15)(H,16,17). The van der Waals surface area contributed by atoms with Crippen LogP contribution in [0.25, 0.3) is 0 Å². The third kappa shape index (κ3) is 4.61. The van der Waals surface area contributed by atoms with E-state index in [4.69, 9.17) is 10.5 Å². The predicted molar refractivity (Wildman–Crippen MR) is 71.3 cm³/mol. The first-order valence-corrected chi connectivity index (χ1v) is 6.30. The van der Waals surface area contributed by atoms with Crippen molar-refractivity contribution in [3.05, 3.63) is 18.3 Å². The first-order chi connectivity index (χ1) is 8.65. The maximum Gasteiger partial charge on any atom is 0.260 e. The van der Waals surface area contributed by atoms with Crippen molar-refractivity contribution in [2.75, 3.05) is 12.3 Å². The Balaban J connectivity index is 2.38. The number of anilines is 1. The highest BCUT2D eigenvalue weighted by Crippen LogP contribution is 2.18. The number of ether oxygens (including phenoxy) is 1. The van der Waals surface area contributed by atoms with Gasteiger partial charge in [-0.05, 0) is 25.5 Å². The number of nitrogens with two attached hydrogens (primary N) is 1. The third-order valence-electron chi connectivity index (χ3n) is 2.55. The van der Waals surface area contributed by atoms with E-state index in [2.05, 4.69) is 17.2 Å². The lowest BCUT2D eigenvalue weighted by Gasteiger charge is -2.15. The minimum absolute atomic E-state index is 0.130. The number of aromatic nitrogens is 1. The molecule has 0 bridgehead atoms. The molecule has 1 amide bonds. The highest BCUT2D eigenvalue weighted by molar-refractivity contribution is 5.80. The van der Waals surface area contributed by atoms with Gasteiger partial charge in [0, 0.05) is 12.7 Å². The molecule has 0 fully saturated rings. The van der Waals surface area contributed by atoms with Gasteiger partial charge in [-0.25, -0.2) is 4.98 Å². The fourth-order valence-electron chi connectivity index (χ4n) is 1.48. The second-order valence-corrected chi connectivity index (χ2v) is 4.14. The van der Waals surface area contributed by atoms with Crippen LogP contribution in [-0.4, -0.2) is 23.5 Å². The van der Waals surface area contributed by atoms with Crippen molar-refractivity contribution < 1.29 is 9.53 Å². The van der Waals surface area contributed by atoms with Crippen molar-refractivity contribution >= 4 is 11.7 Å². The van der Waals surface area contributed by atoms with Gasteiger partial charge in [0.2, 0.25) is 0 Å². The van der Waals surface area contributed by atoms with Crippen molar-refractivity contribution in [1.29, 1.82) is 0 Å². The number of nitrogens with one attached hydrogen (secondary N) is 1. The first-order valence-electron chi connectivity index (χ1n) is 6.30. The molecule has 0 aromatic carbocycles. The molecule has 1 atom stereocenters. The van der Waals surface area contributed by atoms with Gasteiger partial charge in [-0.2, -0.15) is 0 Å². The Labute approximate surface area is 108 Å². The van der Waals surface area contributed by atoms with E-state index in [1.165, 1.54) is 0 Å². The van der Waals surface area contributed by atoms with Crippen LogP contribution in [0.5, 0.6) is 5.75 Å². The van der Waals surface area contributed by atoms with E-state index in [9.17, 15) is 4.79 Å². The molecular weight excluding hydrogens is 230 g/mol. The number of rotatable bonds is 7. The zero-order valence-electron chi connectivity index (χ0n) is 11.0. The lowest BCUT2D eigenvalue weighted by atomic mass is 10.2. The highest BCUT2D eigenvalue weighted by atomic mass is 16.5. The minimum atomic E-state index is -0.571. The number of carbonyl (C=O) groups is 1. The van der Waals surface area contributed by atoms with Gasteiger partial charge in [0.05, 0.1) is 0 Å². The van der Waals surface area contributed by atoms with Crippen molar-refractivity contribution in [2.45, 2.75) is 39.2 Å². The average Bonchev–Trinajstić information content (AvgIpc) is 2.37. The number of hydrogen-bond donors (Lipinski definition) is 2. The summed E-state index contributed by atoms with van der Waals surface area (Å²) < 4.78 is 5.46. The van der Waals surface area contributed by atoms with E-state index < -0.39 is 6.10 Å². The smallest absolute Gasteiger partial charge is 0.260 e. The SMILES string of the molecule is CCCCCNC(=O)C(C)Oc1cccnc1N. The van der Waals surface area contributed by atoms with Gasteiger partial charge in [0.25, 0.3) is 5.91 Å². The average molecular weight is 251 g/mol. The molecule has 5 heteroatoms. The van der Waals surface area contributed by atoms with Crippen molar-refractivity contribution in [1.82, 2.24) is 10.3 Å². The molecular formula is C13H21N3O2. The van der Waals surface area contributed by atoms with Crippen LogP contribution in [-0.2, 0) is 4.79 Å². The topological polar surface area (TPSA) is 77.2 Å². The van der Waals surface area contributed by atoms with Crippen LogP contribution in [0.15, 0.2) is 18.3 Å². The molecule has 3 N–H and O–H groups in total. The molecule has 5 nitrogen and oxygen atoms in total. The van der Waals surface area contributed by atoms with Crippen molar-refractivity contribution in [3.8, 4) is 5.75 Å². The Morgan fingerprint density at radius 1 is 1.56 bits per heavy atom. The second kappa shape index (κ2) is 7.53. The van der Waals surface area contributed by atoms with Gasteiger partial charge >= 0.3 is 0 Å². The van der Waals surface area contributed by atoms with Crippen molar-refractivity contribution in [2.24, 2.45) is 0 Å². The Bertz CT molecular complexity index is 382. The normalized spacial score (nSPS) is 11.9. The fourth-order valence-corrected chi connectivity index (χ4v) is 1.48. The van der Waals surface area contributed by atoms with E-state index in [1.807, 2.05) is 0 Å². The number of nitrogen functional groups attached to an aromatic ring is 1. The van der Waals surface area contributed by atoms with Crippen LogP contribution in [0.4, 0.5) is 5.82 Å². The molecule has 18 heavy (non-hydrogen) atoms. The summed E-state index contributed by atoms with van der Waals surface area (Å²) in [4.78, 5) is 15.6. The highest BCUT2D eigenvalue weighted by Gasteiger charge is 2.15. The number of amides is 1. The number of pyridine rings is 1. The zero-order valence-corrected chi connectivity index (χ0v) is 11.0. The van der Waals surface area contributed by atoms with Crippen LogP contribution in [0.3, 0.4) is 0 Å². The molecule has 0 spiro atoms. The molecule has 0 aliphatic rings. The number of unbranched alkanes of at least 4 members (excludes halogenated alkanes) is 2. The largest absolute Gasteiger partial charge is 0.477 e. The van der Waals surface area contributed by atoms with E-state index >= 15 is 0 Å². The summed E-state index contributed by atoms with van der Waals surface area (Å²) in [7, 11) is 0. The van der Waals surface area contributed by atoms with Gasteiger partial charge in [-0.15, -0.1) is 0 Å². The molecule has 1 unspecified atom stereocenters. The molecule has 1 aromatic rings. The minimum Gasteiger partial charge on any atom is -0.477 e. The molecule has 0 radical (unpaired) electrons. The van der Waals surface area contributed by atoms with E-state index in [0.29, 0.717) is 18.1 Å². The summed E-state index contributed by atoms with van der Waals surface area (Å²) in [6.45, 7) is 4.50. The van der Waals surface area contributed by atoms with Crippen LogP contribution in [0, 0.1) is 0 Å². The number of nitrogens with zero attached hydrogens (tertiary/aromatic N) is 1.